The van der Waals surface area contributed by atoms with Crippen molar-refractivity contribution in [3.8, 4) is 0 Å². The molecule has 0 aliphatic carbocycles. The second-order valence-electron chi connectivity index (χ2n) is 9.86. The Morgan fingerprint density at radius 1 is 1.08 bits per heavy atom. The zero-order valence-corrected chi connectivity index (χ0v) is 21.8. The molecule has 37 heavy (non-hydrogen) atoms. The number of fused-ring (bicyclic) bond motifs is 2. The quantitative estimate of drug-likeness (QED) is 0.419. The Labute approximate surface area is 218 Å². The van der Waals surface area contributed by atoms with Crippen molar-refractivity contribution in [2.24, 2.45) is 7.05 Å². The number of aromatic nitrogens is 4. The number of hydrogen-bond acceptors (Lipinski definition) is 8. The van der Waals surface area contributed by atoms with Gasteiger partial charge in [-0.3, -0.25) is 19.2 Å². The lowest BCUT2D eigenvalue weighted by molar-refractivity contribution is 0.0937. The van der Waals surface area contributed by atoms with Crippen LogP contribution in [0.25, 0.3) is 10.1 Å². The first-order valence-corrected chi connectivity index (χ1v) is 13.4. The van der Waals surface area contributed by atoms with E-state index in [4.69, 9.17) is 0 Å². The fourth-order valence-electron chi connectivity index (χ4n) is 5.09. The van der Waals surface area contributed by atoms with E-state index in [0.29, 0.717) is 23.9 Å². The maximum atomic E-state index is 13.0. The molecule has 1 aromatic carbocycles. The van der Waals surface area contributed by atoms with Gasteiger partial charge in [0.05, 0.1) is 17.1 Å². The highest BCUT2D eigenvalue weighted by molar-refractivity contribution is 7.20. The lowest BCUT2D eigenvalue weighted by Gasteiger charge is -2.34. The van der Waals surface area contributed by atoms with Gasteiger partial charge in [-0.15, -0.1) is 11.3 Å². The number of rotatable bonds is 5. The van der Waals surface area contributed by atoms with Crippen LogP contribution in [0.15, 0.2) is 47.3 Å². The van der Waals surface area contributed by atoms with Crippen LogP contribution < -0.4 is 21.1 Å². The van der Waals surface area contributed by atoms with E-state index in [-0.39, 0.29) is 17.5 Å². The van der Waals surface area contributed by atoms with Crippen molar-refractivity contribution in [3.05, 3.63) is 63.4 Å². The molecule has 1 saturated heterocycles. The number of carbonyl (C=O) groups is 1. The Morgan fingerprint density at radius 2 is 1.95 bits per heavy atom. The van der Waals surface area contributed by atoms with Crippen molar-refractivity contribution in [2.45, 2.75) is 32.0 Å². The Kier molecular flexibility index (Phi) is 6.17. The molecule has 3 aromatic heterocycles. The van der Waals surface area contributed by atoms with E-state index in [1.54, 1.807) is 13.1 Å². The van der Waals surface area contributed by atoms with Crippen molar-refractivity contribution in [1.82, 2.24) is 29.8 Å². The highest BCUT2D eigenvalue weighted by Crippen LogP contribution is 2.26. The van der Waals surface area contributed by atoms with Gasteiger partial charge in [-0.25, -0.2) is 4.68 Å². The Morgan fingerprint density at radius 3 is 2.81 bits per heavy atom. The second-order valence-corrected chi connectivity index (χ2v) is 10.9. The number of nitrogens with zero attached hydrogens (tertiary/aromatic N) is 6. The van der Waals surface area contributed by atoms with Gasteiger partial charge in [0.15, 0.2) is 11.6 Å². The van der Waals surface area contributed by atoms with E-state index in [0.717, 1.165) is 59.7 Å². The number of nitrogens with one attached hydrogen (secondary N) is 2. The molecular weight excluding hydrogens is 488 g/mol. The number of hydrogen-bond donors (Lipinski definition) is 2. The first kappa shape index (κ1) is 23.7. The summed E-state index contributed by atoms with van der Waals surface area (Å²) in [4.78, 5) is 31.0. The van der Waals surface area contributed by atoms with E-state index in [2.05, 4.69) is 37.7 Å². The number of amides is 1. The molecule has 2 aliphatic heterocycles. The molecule has 0 unspecified atom stereocenters. The molecule has 11 heteroatoms. The van der Waals surface area contributed by atoms with E-state index in [1.165, 1.54) is 16.0 Å². The zero-order chi connectivity index (χ0) is 25.5. The monoisotopic (exact) mass is 518 g/mol. The van der Waals surface area contributed by atoms with Gasteiger partial charge in [-0.2, -0.15) is 10.2 Å². The summed E-state index contributed by atoms with van der Waals surface area (Å²) in [6.45, 7) is 4.05. The molecule has 5 heterocycles. The highest BCUT2D eigenvalue weighted by Gasteiger charge is 2.25. The molecule has 2 aliphatic rings. The van der Waals surface area contributed by atoms with Crippen LogP contribution in [0, 0.1) is 0 Å². The fraction of sp³-hybridized carbons (Fsp3) is 0.385. The summed E-state index contributed by atoms with van der Waals surface area (Å²) < 4.78 is 4.46. The Hall–Kier alpha value is -3.70. The Balaban J connectivity index is 1.18. The molecule has 1 fully saturated rings. The normalized spacial score (nSPS) is 18.1. The highest BCUT2D eigenvalue weighted by atomic mass is 32.1. The van der Waals surface area contributed by atoms with Crippen LogP contribution >= 0.6 is 11.3 Å². The molecule has 10 nitrogen and oxygen atoms in total. The third-order valence-corrected chi connectivity index (χ3v) is 8.15. The van der Waals surface area contributed by atoms with Crippen LogP contribution in [0.3, 0.4) is 0 Å². The smallest absolute Gasteiger partial charge is 0.290 e. The topological polar surface area (TPSA) is 100 Å². The lowest BCUT2D eigenvalue weighted by atomic mass is 10.1. The van der Waals surface area contributed by atoms with Crippen LogP contribution in [0.4, 0.5) is 17.3 Å². The van der Waals surface area contributed by atoms with Crippen LogP contribution in [0.1, 0.15) is 28.2 Å². The molecule has 0 spiro atoms. The zero-order valence-electron chi connectivity index (χ0n) is 21.0. The number of thiophene rings is 1. The van der Waals surface area contributed by atoms with E-state index in [1.807, 2.05) is 41.1 Å². The average molecular weight is 519 g/mol. The number of carbonyl (C=O) groups excluding carboxylic acids is 1. The Bertz CT molecular complexity index is 1490. The molecule has 0 bridgehead atoms. The number of anilines is 3. The van der Waals surface area contributed by atoms with Gasteiger partial charge in [0.1, 0.15) is 5.69 Å². The lowest BCUT2D eigenvalue weighted by Crippen LogP contribution is -2.48. The second kappa shape index (κ2) is 9.64. The molecular formula is C26H30N8O2S. The van der Waals surface area contributed by atoms with E-state index < -0.39 is 0 Å². The van der Waals surface area contributed by atoms with Gasteiger partial charge >= 0.3 is 0 Å². The van der Waals surface area contributed by atoms with Crippen LogP contribution in [0.5, 0.6) is 0 Å². The maximum absolute atomic E-state index is 13.0. The molecule has 2 N–H and O–H groups in total. The molecule has 1 amide bonds. The predicted molar refractivity (Wildman–Crippen MR) is 146 cm³/mol. The third kappa shape index (κ3) is 4.84. The first-order chi connectivity index (χ1) is 17.9. The molecule has 0 saturated carbocycles. The summed E-state index contributed by atoms with van der Waals surface area (Å²) in [6.07, 6.45) is 1.82. The van der Waals surface area contributed by atoms with Crippen molar-refractivity contribution in [2.75, 3.05) is 36.9 Å². The first-order valence-electron chi connectivity index (χ1n) is 12.6. The van der Waals surface area contributed by atoms with E-state index >= 15 is 0 Å². The summed E-state index contributed by atoms with van der Waals surface area (Å²) in [7, 11) is 3.75. The van der Waals surface area contributed by atoms with Gasteiger partial charge in [0.2, 0.25) is 0 Å². The van der Waals surface area contributed by atoms with Crippen LogP contribution in [0.2, 0.25) is 0 Å². The van der Waals surface area contributed by atoms with Gasteiger partial charge in [0, 0.05) is 56.1 Å². The van der Waals surface area contributed by atoms with Gasteiger partial charge in [0.25, 0.3) is 11.5 Å². The predicted octanol–water partition coefficient (Wildman–Crippen LogP) is 2.78. The molecule has 6 rings (SSSR count). The molecule has 0 radical (unpaired) electrons. The van der Waals surface area contributed by atoms with Crippen molar-refractivity contribution in [1.29, 1.82) is 0 Å². The molecule has 1 atom stereocenters. The largest absolute Gasteiger partial charge is 0.353 e. The minimum absolute atomic E-state index is 0.00115. The van der Waals surface area contributed by atoms with Crippen LogP contribution in [-0.2, 0) is 20.1 Å². The molecule has 192 valence electrons. The SMILES string of the molecule is CN1CCn2nc(Nc3cc(N4CCC[C@@H](NC(=O)c5cc6ccccc6s5)C4)nn(C)c3=O)cc2C1. The number of benzene rings is 1. The number of likely N-dealkylation sites (N-methyl/N-ethyl adjacent to an activating group) is 1. The number of aryl methyl sites for hydroxylation is 1. The van der Waals surface area contributed by atoms with Crippen molar-refractivity contribution < 1.29 is 4.79 Å². The average Bonchev–Trinajstić information content (AvgIpc) is 3.50. The molecule has 4 aromatic rings. The van der Waals surface area contributed by atoms with Crippen LogP contribution in [-0.4, -0.2) is 63.1 Å². The minimum atomic E-state index is -0.210. The number of piperidine rings is 1. The standard InChI is InChI=1S/C26H30N8O2S/c1-31-10-11-34-19(16-31)13-23(29-34)28-20-14-24(30-32(2)26(20)36)33-9-5-7-18(15-33)27-25(35)22-12-17-6-3-4-8-21(17)37-22/h3-4,6,8,12-14,18H,5,7,9-11,15-16H2,1-2H3,(H,27,35)(H,28,29)/t18-/m1/s1. The van der Waals surface area contributed by atoms with Crippen molar-refractivity contribution >= 4 is 44.7 Å². The van der Waals surface area contributed by atoms with Gasteiger partial charge in [-0.05, 0) is 37.4 Å². The summed E-state index contributed by atoms with van der Waals surface area (Å²) in [5.74, 6) is 1.32. The van der Waals surface area contributed by atoms with Gasteiger partial charge < -0.3 is 15.5 Å². The fourth-order valence-corrected chi connectivity index (χ4v) is 6.05. The third-order valence-electron chi connectivity index (χ3n) is 7.03. The minimum Gasteiger partial charge on any atom is -0.353 e. The maximum Gasteiger partial charge on any atom is 0.290 e. The van der Waals surface area contributed by atoms with E-state index in [9.17, 15) is 9.59 Å². The summed E-state index contributed by atoms with van der Waals surface area (Å²) in [5.41, 5.74) is 1.35. The summed E-state index contributed by atoms with van der Waals surface area (Å²) in [5, 5.41) is 16.7. The van der Waals surface area contributed by atoms with Crippen molar-refractivity contribution in [3.63, 3.8) is 0 Å². The summed E-state index contributed by atoms with van der Waals surface area (Å²) in [6, 6.07) is 13.8. The van der Waals surface area contributed by atoms with Gasteiger partial charge in [-0.1, -0.05) is 18.2 Å². The summed E-state index contributed by atoms with van der Waals surface area (Å²) >= 11 is 1.51.